The van der Waals surface area contributed by atoms with Gasteiger partial charge in [0, 0.05) is 29.7 Å². The highest BCUT2D eigenvalue weighted by molar-refractivity contribution is 7.89. The van der Waals surface area contributed by atoms with Gasteiger partial charge >= 0.3 is 0 Å². The third-order valence-electron chi connectivity index (χ3n) is 5.68. The molecule has 1 N–H and O–H groups in total. The summed E-state index contributed by atoms with van der Waals surface area (Å²) >= 11 is 0. The van der Waals surface area contributed by atoms with Crippen molar-refractivity contribution in [3.8, 4) is 0 Å². The predicted molar refractivity (Wildman–Crippen MR) is 120 cm³/mol. The van der Waals surface area contributed by atoms with Crippen LogP contribution in [0.1, 0.15) is 10.4 Å². The van der Waals surface area contributed by atoms with E-state index in [0.29, 0.717) is 43.2 Å². The topological polar surface area (TPSA) is 96.0 Å². The van der Waals surface area contributed by atoms with Gasteiger partial charge in [-0.25, -0.2) is 8.42 Å². The van der Waals surface area contributed by atoms with Crippen molar-refractivity contribution in [3.05, 3.63) is 66.2 Å². The minimum atomic E-state index is -3.68. The first-order valence-corrected chi connectivity index (χ1v) is 11.7. The van der Waals surface area contributed by atoms with Crippen LogP contribution in [0.2, 0.25) is 0 Å². The fraction of sp³-hybridized carbons (Fsp3) is 0.217. The van der Waals surface area contributed by atoms with Crippen LogP contribution < -0.4 is 10.2 Å². The molecule has 2 aliphatic rings. The normalized spacial score (nSPS) is 16.5. The lowest BCUT2D eigenvalue weighted by molar-refractivity contribution is -0.114. The van der Waals surface area contributed by atoms with Crippen molar-refractivity contribution >= 4 is 44.0 Å². The van der Waals surface area contributed by atoms with Crippen molar-refractivity contribution in [2.45, 2.75) is 4.90 Å². The average Bonchev–Trinajstić information content (AvgIpc) is 3.08. The second-order valence-electron chi connectivity index (χ2n) is 7.66. The molecule has 0 unspecified atom stereocenters. The van der Waals surface area contributed by atoms with Crippen LogP contribution in [0.25, 0.3) is 10.8 Å². The molecule has 0 bridgehead atoms. The first-order valence-electron chi connectivity index (χ1n) is 10.3. The smallest absolute Gasteiger partial charge is 0.259 e. The number of hydrogen-bond acceptors (Lipinski definition) is 5. The molecule has 32 heavy (non-hydrogen) atoms. The van der Waals surface area contributed by atoms with Gasteiger partial charge in [-0.15, -0.1) is 0 Å². The quantitative estimate of drug-likeness (QED) is 0.643. The number of carbonyl (C=O) groups is 2. The molecule has 5 rings (SSSR count). The zero-order chi connectivity index (χ0) is 22.3. The number of anilines is 2. The van der Waals surface area contributed by atoms with E-state index in [-0.39, 0.29) is 17.3 Å². The highest BCUT2D eigenvalue weighted by Gasteiger charge is 2.31. The van der Waals surface area contributed by atoms with Gasteiger partial charge in [-0.1, -0.05) is 30.3 Å². The SMILES string of the molecule is O=C(CN1C(=O)c2cccc3cccc1c23)Nc1cccc(S(=O)(=O)N2CCOCC2)c1. The molecule has 2 amide bonds. The summed E-state index contributed by atoms with van der Waals surface area (Å²) in [5, 5.41) is 4.50. The van der Waals surface area contributed by atoms with E-state index < -0.39 is 15.9 Å². The van der Waals surface area contributed by atoms with Crippen LogP contribution in [0.4, 0.5) is 11.4 Å². The highest BCUT2D eigenvalue weighted by atomic mass is 32.2. The van der Waals surface area contributed by atoms with E-state index in [1.165, 1.54) is 21.3 Å². The summed E-state index contributed by atoms with van der Waals surface area (Å²) in [5.74, 6) is -0.639. The first kappa shape index (κ1) is 20.6. The molecule has 8 nitrogen and oxygen atoms in total. The second-order valence-corrected chi connectivity index (χ2v) is 9.60. The number of carbonyl (C=O) groups excluding carboxylic acids is 2. The van der Waals surface area contributed by atoms with Gasteiger partial charge in [-0.3, -0.25) is 14.5 Å². The van der Waals surface area contributed by atoms with E-state index in [4.69, 9.17) is 4.74 Å². The third-order valence-corrected chi connectivity index (χ3v) is 7.57. The molecule has 1 saturated heterocycles. The van der Waals surface area contributed by atoms with Crippen molar-refractivity contribution < 1.29 is 22.7 Å². The van der Waals surface area contributed by atoms with Gasteiger partial charge in [0.2, 0.25) is 15.9 Å². The summed E-state index contributed by atoms with van der Waals surface area (Å²) in [5.41, 5.74) is 1.62. The molecule has 164 valence electrons. The Morgan fingerprint density at radius 1 is 1.00 bits per heavy atom. The number of nitrogens with one attached hydrogen (secondary N) is 1. The van der Waals surface area contributed by atoms with Gasteiger partial charge in [0.15, 0.2) is 0 Å². The molecule has 9 heteroatoms. The van der Waals surface area contributed by atoms with Gasteiger partial charge in [0.25, 0.3) is 5.91 Å². The van der Waals surface area contributed by atoms with E-state index in [1.54, 1.807) is 18.2 Å². The van der Waals surface area contributed by atoms with Crippen LogP contribution in [-0.4, -0.2) is 57.4 Å². The predicted octanol–water partition coefficient (Wildman–Crippen LogP) is 2.46. The average molecular weight is 452 g/mol. The lowest BCUT2D eigenvalue weighted by atomic mass is 10.1. The molecule has 0 radical (unpaired) electrons. The number of benzene rings is 3. The summed E-state index contributed by atoms with van der Waals surface area (Å²) in [4.78, 5) is 27.2. The van der Waals surface area contributed by atoms with Gasteiger partial charge in [-0.2, -0.15) is 4.31 Å². The Kier molecular flexibility index (Phi) is 5.16. The van der Waals surface area contributed by atoms with Gasteiger partial charge < -0.3 is 10.1 Å². The largest absolute Gasteiger partial charge is 0.379 e. The Bertz CT molecular complexity index is 1330. The van der Waals surface area contributed by atoms with Crippen molar-refractivity contribution in [1.29, 1.82) is 0 Å². The molecule has 2 aliphatic heterocycles. The van der Waals surface area contributed by atoms with Crippen LogP contribution in [0.15, 0.2) is 65.6 Å². The number of nitrogens with zero attached hydrogens (tertiary/aromatic N) is 2. The van der Waals surface area contributed by atoms with E-state index in [2.05, 4.69) is 5.32 Å². The number of rotatable bonds is 5. The Labute approximate surface area is 185 Å². The molecule has 1 fully saturated rings. The third kappa shape index (κ3) is 3.54. The summed E-state index contributed by atoms with van der Waals surface area (Å²) in [6.45, 7) is 1.13. The molecular formula is C23H21N3O5S. The van der Waals surface area contributed by atoms with Crippen LogP contribution in [0.3, 0.4) is 0 Å². The van der Waals surface area contributed by atoms with Gasteiger partial charge in [0.05, 0.1) is 23.8 Å². The molecule has 0 spiro atoms. The number of sulfonamides is 1. The van der Waals surface area contributed by atoms with Gasteiger partial charge in [0.1, 0.15) is 6.54 Å². The minimum Gasteiger partial charge on any atom is -0.379 e. The Hall–Kier alpha value is -3.27. The molecule has 3 aromatic carbocycles. The fourth-order valence-electron chi connectivity index (χ4n) is 4.15. The lowest BCUT2D eigenvalue weighted by Crippen LogP contribution is -2.40. The van der Waals surface area contributed by atoms with Crippen LogP contribution in [-0.2, 0) is 19.6 Å². The monoisotopic (exact) mass is 451 g/mol. The van der Waals surface area contributed by atoms with E-state index in [9.17, 15) is 18.0 Å². The summed E-state index contributed by atoms with van der Waals surface area (Å²) in [7, 11) is -3.68. The standard InChI is InChI=1S/C23H21N3O5S/c27-21(15-26-20-9-2-5-16-4-1-8-19(22(16)20)23(26)28)24-17-6-3-7-18(14-17)32(29,30)25-10-12-31-13-11-25/h1-9,14H,10-13,15H2,(H,24,27). The van der Waals surface area contributed by atoms with E-state index >= 15 is 0 Å². The minimum absolute atomic E-state index is 0.103. The number of hydrogen-bond donors (Lipinski definition) is 1. The Morgan fingerprint density at radius 2 is 1.72 bits per heavy atom. The molecular weight excluding hydrogens is 430 g/mol. The Balaban J connectivity index is 1.34. The van der Waals surface area contributed by atoms with Crippen LogP contribution >= 0.6 is 0 Å². The number of morpholine rings is 1. The molecule has 3 aromatic rings. The lowest BCUT2D eigenvalue weighted by Gasteiger charge is -2.26. The van der Waals surface area contributed by atoms with Gasteiger partial charge in [-0.05, 0) is 35.7 Å². The molecule has 0 atom stereocenters. The van der Waals surface area contributed by atoms with E-state index in [0.717, 1.165) is 10.8 Å². The van der Waals surface area contributed by atoms with Crippen molar-refractivity contribution in [1.82, 2.24) is 4.31 Å². The summed E-state index contributed by atoms with van der Waals surface area (Å²) in [6.07, 6.45) is 0. The zero-order valence-electron chi connectivity index (χ0n) is 17.2. The maximum atomic E-state index is 12.9. The Morgan fingerprint density at radius 3 is 2.50 bits per heavy atom. The molecule has 0 saturated carbocycles. The van der Waals surface area contributed by atoms with Crippen molar-refractivity contribution in [3.63, 3.8) is 0 Å². The first-order chi connectivity index (χ1) is 15.4. The van der Waals surface area contributed by atoms with Crippen molar-refractivity contribution in [2.75, 3.05) is 43.1 Å². The maximum absolute atomic E-state index is 12.9. The second kappa shape index (κ2) is 8.01. The number of ether oxygens (including phenoxy) is 1. The van der Waals surface area contributed by atoms with Crippen LogP contribution in [0, 0.1) is 0 Å². The zero-order valence-corrected chi connectivity index (χ0v) is 18.0. The van der Waals surface area contributed by atoms with Crippen molar-refractivity contribution in [2.24, 2.45) is 0 Å². The molecule has 0 aromatic heterocycles. The maximum Gasteiger partial charge on any atom is 0.259 e. The number of amides is 2. The summed E-state index contributed by atoms with van der Waals surface area (Å²) in [6, 6.07) is 17.3. The molecule has 2 heterocycles. The molecule has 0 aliphatic carbocycles. The highest BCUT2D eigenvalue weighted by Crippen LogP contribution is 2.37. The van der Waals surface area contributed by atoms with Crippen LogP contribution in [0.5, 0.6) is 0 Å². The fourth-order valence-corrected chi connectivity index (χ4v) is 5.60. The van der Waals surface area contributed by atoms with E-state index in [1.807, 2.05) is 30.3 Å². The summed E-state index contributed by atoms with van der Waals surface area (Å²) < 4.78 is 32.4.